The van der Waals surface area contributed by atoms with Gasteiger partial charge in [0, 0.05) is 32.7 Å². The molecule has 0 spiro atoms. The highest BCUT2D eigenvalue weighted by molar-refractivity contribution is 5.76. The fourth-order valence-corrected chi connectivity index (χ4v) is 3.21. The topological polar surface area (TPSA) is 29.5 Å². The third kappa shape index (κ3) is 3.98. The van der Waals surface area contributed by atoms with Gasteiger partial charge in [-0.3, -0.25) is 4.79 Å². The second kappa shape index (κ2) is 7.13. The molecular formula is C15H27NO2. The third-order valence-electron chi connectivity index (χ3n) is 4.62. The molecule has 1 heterocycles. The highest BCUT2D eigenvalue weighted by Crippen LogP contribution is 2.24. The van der Waals surface area contributed by atoms with Crippen molar-refractivity contribution in [3.8, 4) is 0 Å². The molecule has 1 amide bonds. The number of amides is 1. The molecule has 2 fully saturated rings. The Morgan fingerprint density at radius 2 is 1.78 bits per heavy atom. The molecule has 0 bridgehead atoms. The van der Waals surface area contributed by atoms with Gasteiger partial charge in [-0.25, -0.2) is 0 Å². The second-order valence-corrected chi connectivity index (χ2v) is 5.89. The van der Waals surface area contributed by atoms with Gasteiger partial charge < -0.3 is 9.64 Å². The summed E-state index contributed by atoms with van der Waals surface area (Å²) in [6.07, 6.45) is 10.4. The Bertz CT molecular complexity index is 255. The molecular weight excluding hydrogens is 226 g/mol. The van der Waals surface area contributed by atoms with Crippen LogP contribution in [0.4, 0.5) is 0 Å². The van der Waals surface area contributed by atoms with Crippen LogP contribution in [0.2, 0.25) is 0 Å². The van der Waals surface area contributed by atoms with Crippen LogP contribution in [0.15, 0.2) is 0 Å². The standard InChI is InChI=1S/C15H27NO2/c1-16(14-5-3-2-4-6-14)15(17)8-7-13-9-11-18-12-10-13/h13-14H,2-12H2,1H3. The van der Waals surface area contributed by atoms with E-state index in [2.05, 4.69) is 0 Å². The monoisotopic (exact) mass is 253 g/mol. The summed E-state index contributed by atoms with van der Waals surface area (Å²) in [6.45, 7) is 1.77. The lowest BCUT2D eigenvalue weighted by Crippen LogP contribution is -2.38. The number of ether oxygens (including phenoxy) is 1. The average Bonchev–Trinajstić information content (AvgIpc) is 2.46. The van der Waals surface area contributed by atoms with Crippen LogP contribution in [-0.2, 0) is 9.53 Å². The molecule has 1 aliphatic heterocycles. The van der Waals surface area contributed by atoms with Crippen molar-refractivity contribution in [1.82, 2.24) is 4.90 Å². The Kier molecular flexibility index (Phi) is 5.48. The van der Waals surface area contributed by atoms with E-state index in [1.807, 2.05) is 11.9 Å². The minimum atomic E-state index is 0.355. The largest absolute Gasteiger partial charge is 0.381 e. The Balaban J connectivity index is 1.69. The molecule has 0 aromatic carbocycles. The predicted octanol–water partition coefficient (Wildman–Crippen LogP) is 2.98. The van der Waals surface area contributed by atoms with E-state index < -0.39 is 0 Å². The summed E-state index contributed by atoms with van der Waals surface area (Å²) >= 11 is 0. The predicted molar refractivity (Wildman–Crippen MR) is 72.4 cm³/mol. The van der Waals surface area contributed by atoms with Crippen molar-refractivity contribution < 1.29 is 9.53 Å². The maximum Gasteiger partial charge on any atom is 0.222 e. The first-order valence-electron chi connectivity index (χ1n) is 7.61. The van der Waals surface area contributed by atoms with Gasteiger partial charge in [0.2, 0.25) is 5.91 Å². The lowest BCUT2D eigenvalue weighted by molar-refractivity contribution is -0.133. The van der Waals surface area contributed by atoms with Crippen molar-refractivity contribution in [1.29, 1.82) is 0 Å². The Hall–Kier alpha value is -0.570. The number of carbonyl (C=O) groups is 1. The van der Waals surface area contributed by atoms with Gasteiger partial charge in [-0.05, 0) is 38.0 Å². The van der Waals surface area contributed by atoms with E-state index >= 15 is 0 Å². The fourth-order valence-electron chi connectivity index (χ4n) is 3.21. The van der Waals surface area contributed by atoms with Gasteiger partial charge in [-0.2, -0.15) is 0 Å². The summed E-state index contributed by atoms with van der Waals surface area (Å²) in [6, 6.07) is 0.515. The van der Waals surface area contributed by atoms with E-state index in [0.29, 0.717) is 17.9 Å². The van der Waals surface area contributed by atoms with Crippen molar-refractivity contribution in [3.05, 3.63) is 0 Å². The molecule has 3 heteroatoms. The molecule has 0 aromatic heterocycles. The molecule has 0 aromatic rings. The lowest BCUT2D eigenvalue weighted by atomic mass is 9.92. The molecule has 0 atom stereocenters. The van der Waals surface area contributed by atoms with E-state index in [0.717, 1.165) is 38.9 Å². The van der Waals surface area contributed by atoms with Gasteiger partial charge >= 0.3 is 0 Å². The van der Waals surface area contributed by atoms with Crippen molar-refractivity contribution in [2.45, 2.75) is 63.8 Å². The third-order valence-corrected chi connectivity index (χ3v) is 4.62. The van der Waals surface area contributed by atoms with Crippen molar-refractivity contribution in [2.75, 3.05) is 20.3 Å². The molecule has 3 nitrogen and oxygen atoms in total. The zero-order chi connectivity index (χ0) is 12.8. The quantitative estimate of drug-likeness (QED) is 0.771. The summed E-state index contributed by atoms with van der Waals surface area (Å²) in [5.74, 6) is 1.07. The minimum absolute atomic E-state index is 0.355. The highest BCUT2D eigenvalue weighted by atomic mass is 16.5. The van der Waals surface area contributed by atoms with Gasteiger partial charge in [0.05, 0.1) is 0 Å². The molecule has 0 N–H and O–H groups in total. The summed E-state index contributed by atoms with van der Waals surface area (Å²) in [5.41, 5.74) is 0. The van der Waals surface area contributed by atoms with Crippen LogP contribution >= 0.6 is 0 Å². The fraction of sp³-hybridized carbons (Fsp3) is 0.933. The van der Waals surface area contributed by atoms with Gasteiger partial charge in [-0.1, -0.05) is 19.3 Å². The molecule has 1 saturated carbocycles. The maximum absolute atomic E-state index is 12.2. The number of rotatable bonds is 4. The van der Waals surface area contributed by atoms with Crippen LogP contribution in [0, 0.1) is 5.92 Å². The van der Waals surface area contributed by atoms with E-state index in [-0.39, 0.29) is 0 Å². The Labute approximate surface area is 111 Å². The number of hydrogen-bond donors (Lipinski definition) is 0. The number of nitrogens with zero attached hydrogens (tertiary/aromatic N) is 1. The average molecular weight is 253 g/mol. The van der Waals surface area contributed by atoms with E-state index in [1.165, 1.54) is 32.1 Å². The van der Waals surface area contributed by atoms with Crippen LogP contribution in [0.3, 0.4) is 0 Å². The molecule has 104 valence electrons. The number of carbonyl (C=O) groups excluding carboxylic acids is 1. The van der Waals surface area contributed by atoms with Gasteiger partial charge in [-0.15, -0.1) is 0 Å². The van der Waals surface area contributed by atoms with Crippen molar-refractivity contribution in [3.63, 3.8) is 0 Å². The second-order valence-electron chi connectivity index (χ2n) is 5.89. The zero-order valence-electron chi connectivity index (χ0n) is 11.7. The zero-order valence-corrected chi connectivity index (χ0v) is 11.7. The van der Waals surface area contributed by atoms with E-state index in [4.69, 9.17) is 4.74 Å². The SMILES string of the molecule is CN(C(=O)CCC1CCOCC1)C1CCCCC1. The van der Waals surface area contributed by atoms with Gasteiger partial charge in [0.1, 0.15) is 0 Å². The van der Waals surface area contributed by atoms with Crippen LogP contribution in [-0.4, -0.2) is 37.1 Å². The summed E-state index contributed by atoms with van der Waals surface area (Å²) in [5, 5.41) is 0. The van der Waals surface area contributed by atoms with Gasteiger partial charge in [0.25, 0.3) is 0 Å². The van der Waals surface area contributed by atoms with Crippen LogP contribution in [0.5, 0.6) is 0 Å². The Morgan fingerprint density at radius 3 is 2.44 bits per heavy atom. The lowest BCUT2D eigenvalue weighted by Gasteiger charge is -2.32. The van der Waals surface area contributed by atoms with Crippen LogP contribution < -0.4 is 0 Å². The highest BCUT2D eigenvalue weighted by Gasteiger charge is 2.23. The molecule has 1 aliphatic carbocycles. The van der Waals surface area contributed by atoms with Crippen LogP contribution in [0.25, 0.3) is 0 Å². The molecule has 1 saturated heterocycles. The molecule has 2 rings (SSSR count). The molecule has 0 unspecified atom stereocenters. The smallest absolute Gasteiger partial charge is 0.222 e. The van der Waals surface area contributed by atoms with Crippen LogP contribution in [0.1, 0.15) is 57.8 Å². The maximum atomic E-state index is 12.2. The normalized spacial score (nSPS) is 22.9. The molecule has 0 radical (unpaired) electrons. The summed E-state index contributed by atoms with van der Waals surface area (Å²) in [7, 11) is 2.00. The molecule has 18 heavy (non-hydrogen) atoms. The summed E-state index contributed by atoms with van der Waals surface area (Å²) < 4.78 is 5.35. The summed E-state index contributed by atoms with van der Waals surface area (Å²) in [4.78, 5) is 14.2. The van der Waals surface area contributed by atoms with Gasteiger partial charge in [0.15, 0.2) is 0 Å². The Morgan fingerprint density at radius 1 is 1.11 bits per heavy atom. The van der Waals surface area contributed by atoms with Crippen molar-refractivity contribution >= 4 is 5.91 Å². The van der Waals surface area contributed by atoms with E-state index in [1.54, 1.807) is 0 Å². The molecule has 2 aliphatic rings. The van der Waals surface area contributed by atoms with E-state index in [9.17, 15) is 4.79 Å². The van der Waals surface area contributed by atoms with Crippen molar-refractivity contribution in [2.24, 2.45) is 5.92 Å². The minimum Gasteiger partial charge on any atom is -0.381 e. The first-order chi connectivity index (χ1) is 8.77. The first kappa shape index (κ1) is 13.9. The number of hydrogen-bond acceptors (Lipinski definition) is 2. The first-order valence-corrected chi connectivity index (χ1v) is 7.61.